The van der Waals surface area contributed by atoms with E-state index < -0.39 is 11.7 Å². The Morgan fingerprint density at radius 1 is 1.04 bits per heavy atom. The van der Waals surface area contributed by atoms with Gasteiger partial charge in [-0.2, -0.15) is 0 Å². The van der Waals surface area contributed by atoms with Crippen molar-refractivity contribution in [2.45, 2.75) is 32.9 Å². The second-order valence-electron chi connectivity index (χ2n) is 6.35. The zero-order valence-corrected chi connectivity index (χ0v) is 14.0. The van der Waals surface area contributed by atoms with Crippen molar-refractivity contribution in [1.29, 1.82) is 0 Å². The van der Waals surface area contributed by atoms with Crippen LogP contribution in [0, 0.1) is 0 Å². The summed E-state index contributed by atoms with van der Waals surface area (Å²) in [6, 6.07) is 11.9. The van der Waals surface area contributed by atoms with Crippen molar-refractivity contribution in [1.82, 2.24) is 0 Å². The lowest BCUT2D eigenvalue weighted by Crippen LogP contribution is -2.27. The summed E-state index contributed by atoms with van der Waals surface area (Å²) in [7, 11) is 0. The van der Waals surface area contributed by atoms with Crippen LogP contribution in [0.25, 0.3) is 0 Å². The number of aromatic hydroxyl groups is 2. The minimum absolute atomic E-state index is 0.161. The number of phenols is 2. The molecular weight excluding hydrogens is 308 g/mol. The van der Waals surface area contributed by atoms with E-state index >= 15 is 0 Å². The van der Waals surface area contributed by atoms with Crippen LogP contribution in [0.2, 0.25) is 0 Å². The third-order valence-electron chi connectivity index (χ3n) is 3.09. The van der Waals surface area contributed by atoms with Crippen LogP contribution in [0.3, 0.4) is 0 Å². The number of benzene rings is 2. The van der Waals surface area contributed by atoms with E-state index in [1.54, 1.807) is 32.9 Å². The first kappa shape index (κ1) is 17.5. The van der Waals surface area contributed by atoms with Gasteiger partial charge in [-0.15, -0.1) is 0 Å². The maximum Gasteiger partial charge on any atom is 0.412 e. The summed E-state index contributed by atoms with van der Waals surface area (Å²) in [5.41, 5.74) is 1.53. The third kappa shape index (κ3) is 5.08. The van der Waals surface area contributed by atoms with Crippen molar-refractivity contribution in [3.63, 3.8) is 0 Å². The van der Waals surface area contributed by atoms with Gasteiger partial charge in [-0.25, -0.2) is 4.79 Å². The van der Waals surface area contributed by atoms with Crippen LogP contribution in [-0.4, -0.2) is 21.9 Å². The van der Waals surface area contributed by atoms with Gasteiger partial charge < -0.3 is 20.3 Å². The van der Waals surface area contributed by atoms with E-state index in [2.05, 4.69) is 10.6 Å². The molecule has 0 aromatic heterocycles. The van der Waals surface area contributed by atoms with Crippen LogP contribution in [0.5, 0.6) is 11.5 Å². The molecule has 0 aliphatic heterocycles. The number of rotatable bonds is 4. The number of nitrogens with one attached hydrogen (secondary N) is 2. The molecule has 0 saturated heterocycles. The molecule has 0 radical (unpaired) electrons. The molecule has 0 unspecified atom stereocenters. The smallest absolute Gasteiger partial charge is 0.412 e. The van der Waals surface area contributed by atoms with Gasteiger partial charge in [-0.3, -0.25) is 5.32 Å². The molecule has 0 aliphatic rings. The first-order valence-corrected chi connectivity index (χ1v) is 7.58. The molecule has 0 atom stereocenters. The monoisotopic (exact) mass is 330 g/mol. The van der Waals surface area contributed by atoms with Gasteiger partial charge in [-0.05, 0) is 50.6 Å². The highest BCUT2D eigenvalue weighted by molar-refractivity contribution is 5.89. The number of hydrogen-bond acceptors (Lipinski definition) is 5. The summed E-state index contributed by atoms with van der Waals surface area (Å²) in [6.07, 6.45) is -0.529. The Morgan fingerprint density at radius 3 is 2.33 bits per heavy atom. The maximum absolute atomic E-state index is 11.9. The highest BCUT2D eigenvalue weighted by atomic mass is 16.6. The van der Waals surface area contributed by atoms with Crippen molar-refractivity contribution in [2.75, 3.05) is 10.6 Å². The van der Waals surface area contributed by atoms with E-state index in [0.29, 0.717) is 12.2 Å². The molecule has 1 amide bonds. The molecule has 2 aromatic rings. The number of phenolic OH excluding ortho intramolecular Hbond substituents is 2. The molecule has 6 heteroatoms. The Balaban J connectivity index is 2.05. The minimum atomic E-state index is -0.573. The normalized spacial score (nSPS) is 11.0. The van der Waals surface area contributed by atoms with Gasteiger partial charge in [0, 0.05) is 6.54 Å². The van der Waals surface area contributed by atoms with Crippen LogP contribution in [0.1, 0.15) is 26.3 Å². The predicted octanol–water partition coefficient (Wildman–Crippen LogP) is 4.06. The average Bonchev–Trinajstić information content (AvgIpc) is 2.48. The fraction of sp³-hybridized carbons (Fsp3) is 0.278. The van der Waals surface area contributed by atoms with Crippen molar-refractivity contribution < 1.29 is 19.7 Å². The minimum Gasteiger partial charge on any atom is -0.504 e. The third-order valence-corrected chi connectivity index (χ3v) is 3.09. The lowest BCUT2D eigenvalue weighted by molar-refractivity contribution is 0.0636. The largest absolute Gasteiger partial charge is 0.504 e. The lowest BCUT2D eigenvalue weighted by Gasteiger charge is -2.20. The Morgan fingerprint density at radius 2 is 1.71 bits per heavy atom. The van der Waals surface area contributed by atoms with Gasteiger partial charge in [0.15, 0.2) is 11.5 Å². The molecule has 6 nitrogen and oxygen atoms in total. The first-order valence-electron chi connectivity index (χ1n) is 7.58. The van der Waals surface area contributed by atoms with Crippen LogP contribution in [0.4, 0.5) is 16.2 Å². The van der Waals surface area contributed by atoms with Crippen LogP contribution < -0.4 is 10.6 Å². The number of carbonyl (C=O) groups is 1. The molecule has 24 heavy (non-hydrogen) atoms. The van der Waals surface area contributed by atoms with E-state index in [4.69, 9.17) is 4.74 Å². The number of anilines is 2. The molecule has 0 aliphatic carbocycles. The summed E-state index contributed by atoms with van der Waals surface area (Å²) in [6.45, 7) is 5.82. The zero-order valence-electron chi connectivity index (χ0n) is 14.0. The molecule has 0 saturated carbocycles. The number of carbonyl (C=O) groups excluding carboxylic acids is 1. The van der Waals surface area contributed by atoms with Gasteiger partial charge in [0.25, 0.3) is 0 Å². The number of para-hydroxylation sites is 2. The molecule has 0 spiro atoms. The Kier molecular flexibility index (Phi) is 5.18. The number of ether oxygens (including phenoxy) is 1. The summed E-state index contributed by atoms with van der Waals surface area (Å²) < 4.78 is 5.25. The van der Waals surface area contributed by atoms with Crippen molar-refractivity contribution >= 4 is 17.5 Å². The summed E-state index contributed by atoms with van der Waals surface area (Å²) in [5, 5.41) is 24.8. The lowest BCUT2D eigenvalue weighted by atomic mass is 10.2. The Bertz CT molecular complexity index is 723. The van der Waals surface area contributed by atoms with Crippen LogP contribution >= 0.6 is 0 Å². The van der Waals surface area contributed by atoms with Gasteiger partial charge in [-0.1, -0.05) is 18.2 Å². The molecular formula is C18H22N2O4. The SMILES string of the molecule is CC(C)(C)OC(=O)Nc1ccccc1NCc1ccc(O)c(O)c1. The molecule has 0 heterocycles. The summed E-state index contributed by atoms with van der Waals surface area (Å²) >= 11 is 0. The van der Waals surface area contributed by atoms with Crippen molar-refractivity contribution in [3.05, 3.63) is 48.0 Å². The quantitative estimate of drug-likeness (QED) is 0.635. The fourth-order valence-electron chi connectivity index (χ4n) is 2.04. The van der Waals surface area contributed by atoms with E-state index in [1.165, 1.54) is 12.1 Å². The molecule has 2 rings (SSSR count). The van der Waals surface area contributed by atoms with E-state index in [-0.39, 0.29) is 11.5 Å². The van der Waals surface area contributed by atoms with Gasteiger partial charge >= 0.3 is 6.09 Å². The summed E-state index contributed by atoms with van der Waals surface area (Å²) in [4.78, 5) is 11.9. The highest BCUT2D eigenvalue weighted by Gasteiger charge is 2.17. The van der Waals surface area contributed by atoms with Crippen molar-refractivity contribution in [2.24, 2.45) is 0 Å². The molecule has 4 N–H and O–H groups in total. The van der Waals surface area contributed by atoms with E-state index in [1.807, 2.05) is 18.2 Å². The summed E-state index contributed by atoms with van der Waals surface area (Å²) in [5.74, 6) is -0.333. The second-order valence-corrected chi connectivity index (χ2v) is 6.35. The maximum atomic E-state index is 11.9. The van der Waals surface area contributed by atoms with E-state index in [9.17, 15) is 15.0 Å². The van der Waals surface area contributed by atoms with Crippen molar-refractivity contribution in [3.8, 4) is 11.5 Å². The highest BCUT2D eigenvalue weighted by Crippen LogP contribution is 2.26. The second kappa shape index (κ2) is 7.12. The fourth-order valence-corrected chi connectivity index (χ4v) is 2.04. The standard InChI is InChI=1S/C18H22N2O4/c1-18(2,3)24-17(23)20-14-7-5-4-6-13(14)19-11-12-8-9-15(21)16(22)10-12/h4-10,19,21-22H,11H2,1-3H3,(H,20,23). The Hall–Kier alpha value is -2.89. The topological polar surface area (TPSA) is 90.8 Å². The number of amides is 1. The first-order chi connectivity index (χ1) is 11.2. The van der Waals surface area contributed by atoms with Crippen LogP contribution in [0.15, 0.2) is 42.5 Å². The molecule has 0 bridgehead atoms. The predicted molar refractivity (Wildman–Crippen MR) is 93.4 cm³/mol. The van der Waals surface area contributed by atoms with Crippen LogP contribution in [-0.2, 0) is 11.3 Å². The van der Waals surface area contributed by atoms with E-state index in [0.717, 1.165) is 11.3 Å². The Labute approximate surface area is 141 Å². The average molecular weight is 330 g/mol. The van der Waals surface area contributed by atoms with Gasteiger partial charge in [0.05, 0.1) is 11.4 Å². The van der Waals surface area contributed by atoms with Gasteiger partial charge in [0.2, 0.25) is 0 Å². The van der Waals surface area contributed by atoms with Gasteiger partial charge in [0.1, 0.15) is 5.60 Å². The number of hydrogen-bond donors (Lipinski definition) is 4. The molecule has 2 aromatic carbocycles. The molecule has 128 valence electrons. The zero-order chi connectivity index (χ0) is 17.7. The molecule has 0 fully saturated rings.